The molecule has 8 heteroatoms. The standard InChI is InChI=1S/C23H19FN2O5/c1-14-21(28)20(27)8-9-25(14)10-11-26-22(29)18-7-6-17(12-19(18)23(26)30)31-13-15-2-4-16(24)5-3-15/h2-9,12,28H,10-11,13H2,1H3. The van der Waals surface area contributed by atoms with Crippen LogP contribution in [-0.4, -0.2) is 32.9 Å². The minimum atomic E-state index is -0.484. The van der Waals surface area contributed by atoms with Gasteiger partial charge in [-0.1, -0.05) is 12.1 Å². The second kappa shape index (κ2) is 8.06. The van der Waals surface area contributed by atoms with Gasteiger partial charge >= 0.3 is 0 Å². The Kier molecular flexibility index (Phi) is 5.29. The summed E-state index contributed by atoms with van der Waals surface area (Å²) in [7, 11) is 0. The highest BCUT2D eigenvalue weighted by Gasteiger charge is 2.35. The average Bonchev–Trinajstić information content (AvgIpc) is 3.01. The number of pyridine rings is 1. The number of nitrogens with zero attached hydrogens (tertiary/aromatic N) is 2. The predicted octanol–water partition coefficient (Wildman–Crippen LogP) is 2.88. The van der Waals surface area contributed by atoms with Crippen LogP contribution in [0.3, 0.4) is 0 Å². The van der Waals surface area contributed by atoms with Crippen LogP contribution in [0.15, 0.2) is 59.5 Å². The molecule has 1 aromatic heterocycles. The number of hydrogen-bond acceptors (Lipinski definition) is 5. The van der Waals surface area contributed by atoms with Gasteiger partial charge in [-0.25, -0.2) is 4.39 Å². The molecule has 158 valence electrons. The van der Waals surface area contributed by atoms with Crippen LogP contribution in [0.1, 0.15) is 32.0 Å². The second-order valence-electron chi connectivity index (χ2n) is 7.19. The number of ether oxygens (including phenoxy) is 1. The van der Waals surface area contributed by atoms with Gasteiger partial charge in [0, 0.05) is 25.4 Å². The third kappa shape index (κ3) is 3.92. The van der Waals surface area contributed by atoms with Crippen LogP contribution in [-0.2, 0) is 13.2 Å². The van der Waals surface area contributed by atoms with Crippen LogP contribution in [0, 0.1) is 12.7 Å². The summed E-state index contributed by atoms with van der Waals surface area (Å²) in [5.41, 5.74) is 1.19. The van der Waals surface area contributed by atoms with Crippen molar-refractivity contribution in [2.45, 2.75) is 20.1 Å². The molecule has 1 N–H and O–H groups in total. The molecule has 4 rings (SSSR count). The van der Waals surface area contributed by atoms with Crippen molar-refractivity contribution in [3.05, 3.63) is 93.2 Å². The Morgan fingerprint density at radius 2 is 1.65 bits per heavy atom. The fraction of sp³-hybridized carbons (Fsp3) is 0.174. The highest BCUT2D eigenvalue weighted by atomic mass is 19.1. The average molecular weight is 422 g/mol. The van der Waals surface area contributed by atoms with Gasteiger partial charge in [-0.05, 0) is 42.8 Å². The molecule has 2 aromatic carbocycles. The van der Waals surface area contributed by atoms with E-state index in [1.807, 2.05) is 0 Å². The first-order chi connectivity index (χ1) is 14.8. The summed E-state index contributed by atoms with van der Waals surface area (Å²) in [6, 6.07) is 11.8. The third-order valence-corrected chi connectivity index (χ3v) is 5.24. The van der Waals surface area contributed by atoms with E-state index in [1.54, 1.807) is 35.8 Å². The van der Waals surface area contributed by atoms with E-state index >= 15 is 0 Å². The minimum Gasteiger partial charge on any atom is -0.503 e. The molecule has 7 nitrogen and oxygen atoms in total. The minimum absolute atomic E-state index is 0.0846. The number of carbonyl (C=O) groups is 2. The fourth-order valence-corrected chi connectivity index (χ4v) is 3.42. The van der Waals surface area contributed by atoms with Crippen LogP contribution >= 0.6 is 0 Å². The van der Waals surface area contributed by atoms with E-state index in [2.05, 4.69) is 0 Å². The molecule has 1 aliphatic heterocycles. The highest BCUT2D eigenvalue weighted by Crippen LogP contribution is 2.27. The molecule has 2 heterocycles. The molecule has 0 unspecified atom stereocenters. The van der Waals surface area contributed by atoms with E-state index in [-0.39, 0.29) is 36.8 Å². The number of benzene rings is 2. The molecule has 0 spiro atoms. The Balaban J connectivity index is 1.46. The van der Waals surface area contributed by atoms with Crippen molar-refractivity contribution >= 4 is 11.8 Å². The topological polar surface area (TPSA) is 88.8 Å². The van der Waals surface area contributed by atoms with Gasteiger partial charge in [0.05, 0.1) is 16.8 Å². The maximum atomic E-state index is 13.0. The van der Waals surface area contributed by atoms with E-state index in [4.69, 9.17) is 4.74 Å². The molecular formula is C23H19FN2O5. The normalized spacial score (nSPS) is 12.9. The summed E-state index contributed by atoms with van der Waals surface area (Å²) in [5, 5.41) is 9.79. The van der Waals surface area contributed by atoms with E-state index in [1.165, 1.54) is 30.5 Å². The van der Waals surface area contributed by atoms with Crippen molar-refractivity contribution in [3.63, 3.8) is 0 Å². The SMILES string of the molecule is Cc1c(O)c(=O)ccn1CCN1C(=O)c2ccc(OCc3ccc(F)cc3)cc2C1=O. The summed E-state index contributed by atoms with van der Waals surface area (Å²) in [6.45, 7) is 2.10. The lowest BCUT2D eigenvalue weighted by Gasteiger charge is -2.17. The lowest BCUT2D eigenvalue weighted by Crippen LogP contribution is -2.33. The van der Waals surface area contributed by atoms with Crippen molar-refractivity contribution in [3.8, 4) is 11.5 Å². The second-order valence-corrected chi connectivity index (χ2v) is 7.19. The first-order valence-electron chi connectivity index (χ1n) is 9.61. The number of amides is 2. The lowest BCUT2D eigenvalue weighted by atomic mass is 10.1. The van der Waals surface area contributed by atoms with Gasteiger partial charge in [-0.15, -0.1) is 0 Å². The molecule has 0 bridgehead atoms. The van der Waals surface area contributed by atoms with E-state index in [0.717, 1.165) is 10.5 Å². The summed E-state index contributed by atoms with van der Waals surface area (Å²) >= 11 is 0. The number of halogens is 1. The predicted molar refractivity (Wildman–Crippen MR) is 110 cm³/mol. The molecule has 1 aliphatic rings. The van der Waals surface area contributed by atoms with Crippen LogP contribution in [0.4, 0.5) is 4.39 Å². The fourth-order valence-electron chi connectivity index (χ4n) is 3.42. The van der Waals surface area contributed by atoms with E-state index in [0.29, 0.717) is 17.0 Å². The van der Waals surface area contributed by atoms with Crippen molar-refractivity contribution in [1.29, 1.82) is 0 Å². The summed E-state index contributed by atoms with van der Waals surface area (Å²) in [6.07, 6.45) is 1.51. The van der Waals surface area contributed by atoms with Crippen LogP contribution in [0.5, 0.6) is 11.5 Å². The third-order valence-electron chi connectivity index (χ3n) is 5.24. The van der Waals surface area contributed by atoms with Gasteiger partial charge in [-0.2, -0.15) is 0 Å². The zero-order chi connectivity index (χ0) is 22.1. The number of hydrogen-bond donors (Lipinski definition) is 1. The number of imide groups is 1. The number of rotatable bonds is 6. The molecule has 0 saturated heterocycles. The molecule has 0 radical (unpaired) electrons. The van der Waals surface area contributed by atoms with Crippen LogP contribution in [0.25, 0.3) is 0 Å². The molecule has 2 amide bonds. The number of fused-ring (bicyclic) bond motifs is 1. The van der Waals surface area contributed by atoms with Gasteiger partial charge in [0.2, 0.25) is 5.43 Å². The Bertz CT molecular complexity index is 1230. The molecule has 0 saturated carbocycles. The molecule has 0 aliphatic carbocycles. The van der Waals surface area contributed by atoms with Crippen LogP contribution in [0.2, 0.25) is 0 Å². The van der Waals surface area contributed by atoms with Crippen LogP contribution < -0.4 is 10.2 Å². The summed E-state index contributed by atoms with van der Waals surface area (Å²) in [4.78, 5) is 38.1. The Morgan fingerprint density at radius 3 is 2.39 bits per heavy atom. The van der Waals surface area contributed by atoms with Crippen molar-refractivity contribution in [1.82, 2.24) is 9.47 Å². The molecular weight excluding hydrogens is 403 g/mol. The molecule has 0 fully saturated rings. The summed E-state index contributed by atoms with van der Waals surface area (Å²) < 4.78 is 20.3. The van der Waals surface area contributed by atoms with E-state index < -0.39 is 17.2 Å². The Morgan fingerprint density at radius 1 is 0.935 bits per heavy atom. The molecule has 0 atom stereocenters. The maximum Gasteiger partial charge on any atom is 0.261 e. The largest absolute Gasteiger partial charge is 0.503 e. The molecule has 3 aromatic rings. The quantitative estimate of drug-likeness (QED) is 0.617. The Labute approximate surface area is 176 Å². The van der Waals surface area contributed by atoms with Gasteiger partial charge in [0.15, 0.2) is 5.75 Å². The zero-order valence-corrected chi connectivity index (χ0v) is 16.7. The zero-order valence-electron chi connectivity index (χ0n) is 16.7. The van der Waals surface area contributed by atoms with Crippen molar-refractivity contribution < 1.29 is 23.8 Å². The molecule has 31 heavy (non-hydrogen) atoms. The van der Waals surface area contributed by atoms with Gasteiger partial charge in [0.25, 0.3) is 11.8 Å². The Hall–Kier alpha value is -3.94. The summed E-state index contributed by atoms with van der Waals surface area (Å²) in [5.74, 6) is -1.11. The van der Waals surface area contributed by atoms with Gasteiger partial charge < -0.3 is 14.4 Å². The lowest BCUT2D eigenvalue weighted by molar-refractivity contribution is 0.0648. The maximum absolute atomic E-state index is 13.0. The van der Waals surface area contributed by atoms with Gasteiger partial charge in [-0.3, -0.25) is 19.3 Å². The number of aromatic hydroxyl groups is 1. The first-order valence-corrected chi connectivity index (χ1v) is 9.61. The first kappa shape index (κ1) is 20.3. The van der Waals surface area contributed by atoms with Crippen molar-refractivity contribution in [2.24, 2.45) is 0 Å². The number of aromatic nitrogens is 1. The monoisotopic (exact) mass is 422 g/mol. The highest BCUT2D eigenvalue weighted by molar-refractivity contribution is 6.21. The number of carbonyl (C=O) groups excluding carboxylic acids is 2. The van der Waals surface area contributed by atoms with E-state index in [9.17, 15) is 23.9 Å². The van der Waals surface area contributed by atoms with Gasteiger partial charge in [0.1, 0.15) is 18.2 Å². The van der Waals surface area contributed by atoms with Crippen molar-refractivity contribution in [2.75, 3.05) is 6.54 Å². The smallest absolute Gasteiger partial charge is 0.261 e.